The average Bonchev–Trinajstić information content (AvgIpc) is 0.797. The van der Waals surface area contributed by atoms with Crippen molar-refractivity contribution in [3.05, 3.63) is 396 Å². The zero-order chi connectivity index (χ0) is 109. The van der Waals surface area contributed by atoms with Crippen molar-refractivity contribution in [1.82, 2.24) is 0 Å². The average molecular weight is 2020 g/mol. The van der Waals surface area contributed by atoms with Crippen LogP contribution in [0.1, 0.15) is 260 Å². The second kappa shape index (κ2) is 57.8. The Labute approximate surface area is 852 Å². The molecule has 145 heavy (non-hydrogen) atoms. The number of aromatic carboxylic acids is 4. The first-order valence-electron chi connectivity index (χ1n) is 47.2. The van der Waals surface area contributed by atoms with E-state index in [2.05, 4.69) is 67.7 Å². The summed E-state index contributed by atoms with van der Waals surface area (Å²) in [7, 11) is -4.22. The summed E-state index contributed by atoms with van der Waals surface area (Å²) in [6.07, 6.45) is -1.74. The predicted molar refractivity (Wildman–Crippen MR) is 570 cm³/mol. The lowest BCUT2D eigenvalue weighted by molar-refractivity contribution is -0.132. The third-order valence-corrected chi connectivity index (χ3v) is 31.9. The van der Waals surface area contributed by atoms with E-state index in [1.165, 1.54) is 86.6 Å². The van der Waals surface area contributed by atoms with Crippen LogP contribution in [0.15, 0.2) is 285 Å². The zero-order valence-electron chi connectivity index (χ0n) is 87.1. The molecule has 770 valence electrons. The molecule has 0 aromatic heterocycles. The van der Waals surface area contributed by atoms with Gasteiger partial charge in [0.05, 0.1) is 23.3 Å². The summed E-state index contributed by atoms with van der Waals surface area (Å²) in [5.41, 5.74) is 8.90. The largest absolute Gasteiger partial charge is 0.543 e. The summed E-state index contributed by atoms with van der Waals surface area (Å²) in [4.78, 5) is 92.6. The van der Waals surface area contributed by atoms with Crippen molar-refractivity contribution in [3.8, 4) is 63.2 Å². The maximum absolute atomic E-state index is 13.7. The molecule has 0 atom stereocenters. The normalized spacial score (nSPS) is 10.6. The Morgan fingerprint density at radius 2 is 0.510 bits per heavy atom. The van der Waals surface area contributed by atoms with Crippen molar-refractivity contribution in [2.24, 2.45) is 0 Å². The Kier molecular flexibility index (Phi) is 48.4. The van der Waals surface area contributed by atoms with E-state index in [9.17, 15) is 53.7 Å². The monoisotopic (exact) mass is 2010 g/mol. The van der Waals surface area contributed by atoms with Crippen LogP contribution in [0.5, 0.6) is 63.2 Å². The highest BCUT2D eigenvalue weighted by molar-refractivity contribution is 6.75. The molecule has 0 aliphatic rings. The Balaban J connectivity index is 0.000000365. The molecule has 13 aromatic carbocycles. The lowest BCUT2D eigenvalue weighted by Crippen LogP contribution is -2.44. The van der Waals surface area contributed by atoms with Crippen molar-refractivity contribution in [2.45, 2.75) is 200 Å². The van der Waals surface area contributed by atoms with Gasteiger partial charge in [-0.15, -0.1) is 0 Å². The van der Waals surface area contributed by atoms with Gasteiger partial charge in [0, 0.05) is 45.9 Å². The first-order valence-corrected chi connectivity index (χ1v) is 53.0. The lowest BCUT2D eigenvalue weighted by Gasteiger charge is -2.37. The molecule has 11 N–H and O–H groups in total. The van der Waals surface area contributed by atoms with Gasteiger partial charge in [-0.2, -0.15) is 0 Å². The molecule has 0 saturated carbocycles. The Bertz CT molecular complexity index is 6220. The molecular formula is C117H138O26Si2. The van der Waals surface area contributed by atoms with Crippen molar-refractivity contribution in [1.29, 1.82) is 0 Å². The summed E-state index contributed by atoms with van der Waals surface area (Å²) in [6, 6.07) is 82.9. The number of esters is 4. The van der Waals surface area contributed by atoms with Crippen LogP contribution in [0.25, 0.3) is 0 Å². The third kappa shape index (κ3) is 35.0. The summed E-state index contributed by atoms with van der Waals surface area (Å²) in [6.45, 7) is 48.8. The van der Waals surface area contributed by atoms with Gasteiger partial charge in [-0.1, -0.05) is 283 Å². The Morgan fingerprint density at radius 1 is 0.269 bits per heavy atom. The first kappa shape index (κ1) is 121. The number of benzene rings is 13. The molecule has 0 unspecified atom stereocenters. The SMILES string of the molecule is CC.CC.CC.CC(=O)Oc1cccc(C(=O)O)c1C.CCOc1ccc(O[Si](C)(C)C(C)(C)C)c(C)c1C(=O)OC(c1ccccc1)c1ccccc1.Cc1c(O)ccc(O)c1C(=O)O.Cc1c(O)ccc(O)c1C(=O)OC(c1ccccc1)c1ccccc1.Cc1c(O)cccc1C(=O)O.Cc1c(O)cccc1C(=O)O.Cc1c(O[Si](C)(C)C(C)(C)C)ccc(O)c1C(=O)OC(c1ccccc1)c1ccccc1. The van der Waals surface area contributed by atoms with Crippen LogP contribution in [0.4, 0.5) is 0 Å². The molecule has 13 rings (SSSR count). The molecule has 0 amide bonds. The number of carbonyl (C=O) groups is 8. The summed E-state index contributed by atoms with van der Waals surface area (Å²) in [5, 5.41) is 101. The van der Waals surface area contributed by atoms with Crippen LogP contribution < -0.4 is 18.3 Å². The zero-order valence-corrected chi connectivity index (χ0v) is 89.1. The fraction of sp³-hybridized carbons (Fsp3) is 0.265. The van der Waals surface area contributed by atoms with Crippen LogP contribution in [0.3, 0.4) is 0 Å². The number of phenols is 7. The smallest absolute Gasteiger partial charge is 0.343 e. The molecule has 0 heterocycles. The molecule has 13 aromatic rings. The van der Waals surface area contributed by atoms with E-state index in [0.717, 1.165) is 45.0 Å². The lowest BCUT2D eigenvalue weighted by atomic mass is 10.0. The van der Waals surface area contributed by atoms with Crippen LogP contribution in [-0.4, -0.2) is 127 Å². The Morgan fingerprint density at radius 3 is 0.786 bits per heavy atom. The highest BCUT2D eigenvalue weighted by Gasteiger charge is 2.42. The second-order valence-electron chi connectivity index (χ2n) is 35.0. The highest BCUT2D eigenvalue weighted by Crippen LogP contribution is 2.44. The van der Waals surface area contributed by atoms with Gasteiger partial charge >= 0.3 is 47.8 Å². The quantitative estimate of drug-likeness (QED) is 0.00931. The van der Waals surface area contributed by atoms with E-state index >= 15 is 0 Å². The van der Waals surface area contributed by atoms with Gasteiger partial charge in [-0.3, -0.25) is 4.79 Å². The topological polar surface area (TPSA) is 424 Å². The fourth-order valence-electron chi connectivity index (χ4n) is 13.2. The standard InChI is InChI=1S/C29H36O4Si.C27H32O4Si.C21H18O4.C10H10O4.C8H8O4.2C8H8O3.3C2H6/c1-8-31-25-20-19-24(33-34(6,7)29(3,4)5)21(2)26(25)28(30)32-27(22-15-11-9-12-16-22)23-17-13-10-14-18-23;1-19-23(31-32(5,6)27(2,3)4)18-17-22(28)24(19)26(29)30-25(20-13-9-7-10-14-20)21-15-11-8-12-16-21;1-14-17(22)12-13-18(23)19(14)21(24)25-20(15-8-4-2-5-9-15)16-10-6-3-7-11-16;1-6-8(10(12)13)4-3-5-9(6)14-7(2)11;1-4-5(9)2-3-6(10)7(4)8(11)12;2*1-5-6(8(10)11)3-2-4-7(5)9;3*1-2/h9-20,27H,8H2,1-7H3;7-18,25,28H,1-6H3;2-13,20,22-23H,1H3;3-5H,1-2H3,(H,12,13);2-3,9-10H,1H3,(H,11,12);2*2-4,9H,1H3,(H,10,11);3*1-2H3. The van der Waals surface area contributed by atoms with Crippen molar-refractivity contribution in [2.75, 3.05) is 6.61 Å². The highest BCUT2D eigenvalue weighted by atomic mass is 28.4. The van der Waals surface area contributed by atoms with Crippen molar-refractivity contribution >= 4 is 64.4 Å². The number of carboxylic acids is 4. The fourth-order valence-corrected chi connectivity index (χ4v) is 15.3. The maximum atomic E-state index is 13.7. The van der Waals surface area contributed by atoms with Gasteiger partial charge in [0.2, 0.25) is 16.6 Å². The first-order chi connectivity index (χ1) is 68.4. The van der Waals surface area contributed by atoms with Crippen LogP contribution in [-0.2, 0) is 19.0 Å². The number of carboxylic acid groups (broad SMARTS) is 4. The molecule has 26 nitrogen and oxygen atoms in total. The molecule has 0 saturated heterocycles. The van der Waals surface area contributed by atoms with E-state index < -0.39 is 82.7 Å². The summed E-state index contributed by atoms with van der Waals surface area (Å²) < 4.78 is 41.5. The van der Waals surface area contributed by atoms with E-state index in [1.54, 1.807) is 46.8 Å². The molecule has 28 heteroatoms. The van der Waals surface area contributed by atoms with E-state index in [0.29, 0.717) is 51.7 Å². The minimum absolute atomic E-state index is 0.00368. The summed E-state index contributed by atoms with van der Waals surface area (Å²) >= 11 is 0. The van der Waals surface area contributed by atoms with Crippen LogP contribution in [0.2, 0.25) is 36.3 Å². The number of carbonyl (C=O) groups excluding carboxylic acids is 4. The molecular weight excluding hydrogens is 1880 g/mol. The van der Waals surface area contributed by atoms with Crippen molar-refractivity contribution < 1.29 is 127 Å². The number of hydrogen-bond acceptors (Lipinski definition) is 22. The minimum atomic E-state index is -2.12. The third-order valence-electron chi connectivity index (χ3n) is 23.2. The molecule has 0 aliphatic heterocycles. The van der Waals surface area contributed by atoms with E-state index in [4.69, 9.17) is 73.4 Å². The summed E-state index contributed by atoms with van der Waals surface area (Å²) in [5.74, 6) is -5.21. The molecule has 0 radical (unpaired) electrons. The van der Waals surface area contributed by atoms with E-state index in [1.807, 2.05) is 250 Å². The Hall–Kier alpha value is -15.9. The van der Waals surface area contributed by atoms with Gasteiger partial charge in [0.15, 0.2) is 18.3 Å². The van der Waals surface area contributed by atoms with Gasteiger partial charge in [-0.05, 0) is 210 Å². The minimum Gasteiger partial charge on any atom is -0.543 e. The van der Waals surface area contributed by atoms with Crippen LogP contribution >= 0.6 is 0 Å². The maximum Gasteiger partial charge on any atom is 0.343 e. The number of ether oxygens (including phenoxy) is 5. The molecule has 0 spiro atoms. The number of hydrogen-bond donors (Lipinski definition) is 11. The van der Waals surface area contributed by atoms with Gasteiger partial charge in [0.1, 0.15) is 85.5 Å². The van der Waals surface area contributed by atoms with Crippen molar-refractivity contribution in [3.63, 3.8) is 0 Å². The molecule has 0 aliphatic carbocycles. The van der Waals surface area contributed by atoms with Gasteiger partial charge in [0.25, 0.3) is 0 Å². The number of aromatic hydroxyl groups is 7. The number of rotatable bonds is 23. The molecule has 0 fully saturated rings. The van der Waals surface area contributed by atoms with E-state index in [-0.39, 0.29) is 101 Å². The van der Waals surface area contributed by atoms with Gasteiger partial charge in [-0.25, -0.2) is 33.6 Å². The predicted octanol–water partition coefficient (Wildman–Crippen LogP) is 27.7. The second-order valence-corrected chi connectivity index (χ2v) is 44.4. The van der Waals surface area contributed by atoms with Crippen LogP contribution in [0, 0.1) is 48.5 Å². The van der Waals surface area contributed by atoms with Gasteiger partial charge < -0.3 is 88.7 Å². The number of phenolic OH excluding ortho intramolecular Hbond substituents is 6. The molecule has 0 bridgehead atoms.